The number of halogens is 3. The summed E-state index contributed by atoms with van der Waals surface area (Å²) in [6, 6.07) is 10.4. The molecule has 2 N–H and O–H groups in total. The van der Waals surface area contributed by atoms with Crippen molar-refractivity contribution in [3.05, 3.63) is 54.0 Å². The number of likely N-dealkylation sites (tertiary alicyclic amines) is 1. The molecule has 4 rings (SSSR count). The summed E-state index contributed by atoms with van der Waals surface area (Å²) in [5.74, 6) is -1.46. The van der Waals surface area contributed by atoms with E-state index in [0.717, 1.165) is 44.6 Å². The van der Waals surface area contributed by atoms with E-state index in [1.54, 1.807) is 6.26 Å². The highest BCUT2D eigenvalue weighted by Gasteiger charge is 2.43. The molecule has 1 atom stereocenters. The van der Waals surface area contributed by atoms with Gasteiger partial charge in [-0.2, -0.15) is 13.2 Å². The van der Waals surface area contributed by atoms with Crippen LogP contribution in [0.15, 0.2) is 47.3 Å². The van der Waals surface area contributed by atoms with Crippen LogP contribution in [0.5, 0.6) is 5.75 Å². The smallest absolute Gasteiger partial charge is 0.487 e. The Hall–Kier alpha value is -3.01. The molecule has 2 aliphatic rings. The fraction of sp³-hybridized carbons (Fsp3) is 0.520. The number of piperidine rings is 1. The van der Waals surface area contributed by atoms with Gasteiger partial charge in [0.15, 0.2) is 0 Å². The van der Waals surface area contributed by atoms with E-state index in [1.165, 1.54) is 11.1 Å². The van der Waals surface area contributed by atoms with Crippen LogP contribution in [0.3, 0.4) is 0 Å². The summed E-state index contributed by atoms with van der Waals surface area (Å²) in [5, 5.41) is 10.2. The van der Waals surface area contributed by atoms with Crippen molar-refractivity contribution in [1.29, 1.82) is 0 Å². The normalized spacial score (nSPS) is 19.3. The van der Waals surface area contributed by atoms with Gasteiger partial charge in [-0.15, -0.1) is 0 Å². The number of carboxylic acids is 1. The standard InChI is InChI=1S/C23H30N2O3.C2HF3O2/c1-17(2)24-22(26)13-19-14-23(28-21-6-4-3-5-20(19)21)8-10-25(11-9-23)15-18-7-12-27-16-18;3-2(4,5)1(6)7/h3-7,12,16-17,19H,8-11,13-15H2,1-2H3,(H,24,26);(H,6,7). The van der Waals surface area contributed by atoms with Crippen molar-refractivity contribution in [3.8, 4) is 5.75 Å². The Balaban J connectivity index is 0.000000429. The predicted molar refractivity (Wildman–Crippen MR) is 122 cm³/mol. The van der Waals surface area contributed by atoms with Crippen LogP contribution in [-0.4, -0.2) is 52.8 Å². The average Bonchev–Trinajstić information content (AvgIpc) is 3.28. The molecule has 1 spiro atoms. The molecule has 192 valence electrons. The lowest BCUT2D eigenvalue weighted by molar-refractivity contribution is -0.192. The summed E-state index contributed by atoms with van der Waals surface area (Å²) in [7, 11) is 0. The van der Waals surface area contributed by atoms with Gasteiger partial charge in [-0.25, -0.2) is 4.79 Å². The molecule has 1 saturated heterocycles. The monoisotopic (exact) mass is 496 g/mol. The summed E-state index contributed by atoms with van der Waals surface area (Å²) < 4.78 is 43.5. The third-order valence-corrected chi connectivity index (χ3v) is 6.18. The second-order valence-corrected chi connectivity index (χ2v) is 9.36. The van der Waals surface area contributed by atoms with Gasteiger partial charge in [0.1, 0.15) is 11.4 Å². The first kappa shape index (κ1) is 26.6. The van der Waals surface area contributed by atoms with Gasteiger partial charge in [-0.1, -0.05) is 18.2 Å². The van der Waals surface area contributed by atoms with E-state index in [2.05, 4.69) is 22.3 Å². The van der Waals surface area contributed by atoms with Gasteiger partial charge in [0.05, 0.1) is 12.5 Å². The quantitative estimate of drug-likeness (QED) is 0.622. The second kappa shape index (κ2) is 11.2. The number of hydrogen-bond acceptors (Lipinski definition) is 5. The molecular formula is C25H31F3N2O5. The fourth-order valence-electron chi connectivity index (χ4n) is 4.60. The van der Waals surface area contributed by atoms with Gasteiger partial charge in [0.25, 0.3) is 0 Å². The van der Waals surface area contributed by atoms with Crippen LogP contribution in [0.25, 0.3) is 0 Å². The van der Waals surface area contributed by atoms with E-state index in [4.69, 9.17) is 19.1 Å². The van der Waals surface area contributed by atoms with Crippen molar-refractivity contribution in [2.24, 2.45) is 0 Å². The van der Waals surface area contributed by atoms with Crippen LogP contribution in [0.1, 0.15) is 56.6 Å². The Bertz CT molecular complexity index is 983. The molecule has 0 aliphatic carbocycles. The van der Waals surface area contributed by atoms with Gasteiger partial charge in [0, 0.05) is 43.6 Å². The molecule has 10 heteroatoms. The minimum absolute atomic E-state index is 0.129. The number of aliphatic carboxylic acids is 1. The largest absolute Gasteiger partial charge is 0.490 e. The molecule has 1 amide bonds. The first-order valence-corrected chi connectivity index (χ1v) is 11.6. The number of benzene rings is 1. The molecule has 1 aromatic carbocycles. The lowest BCUT2D eigenvalue weighted by Crippen LogP contribution is -2.50. The minimum Gasteiger partial charge on any atom is -0.487 e. The first-order chi connectivity index (χ1) is 16.5. The molecule has 35 heavy (non-hydrogen) atoms. The number of para-hydroxylation sites is 1. The van der Waals surface area contributed by atoms with Crippen molar-refractivity contribution >= 4 is 11.9 Å². The lowest BCUT2D eigenvalue weighted by atomic mass is 9.76. The lowest BCUT2D eigenvalue weighted by Gasteiger charge is -2.47. The fourth-order valence-corrected chi connectivity index (χ4v) is 4.60. The number of ether oxygens (including phenoxy) is 1. The molecule has 2 aromatic rings. The highest BCUT2D eigenvalue weighted by molar-refractivity contribution is 5.77. The zero-order valence-corrected chi connectivity index (χ0v) is 19.8. The van der Waals surface area contributed by atoms with E-state index < -0.39 is 12.1 Å². The van der Waals surface area contributed by atoms with Gasteiger partial charge >= 0.3 is 12.1 Å². The second-order valence-electron chi connectivity index (χ2n) is 9.36. The van der Waals surface area contributed by atoms with Gasteiger partial charge in [0.2, 0.25) is 5.91 Å². The van der Waals surface area contributed by atoms with Crippen molar-refractivity contribution in [2.75, 3.05) is 13.1 Å². The van der Waals surface area contributed by atoms with E-state index >= 15 is 0 Å². The number of alkyl halides is 3. The number of carbonyl (C=O) groups is 2. The Morgan fingerprint density at radius 3 is 2.43 bits per heavy atom. The Kier molecular flexibility index (Phi) is 8.47. The number of nitrogens with one attached hydrogen (secondary N) is 1. The number of nitrogens with zero attached hydrogens (tertiary/aromatic N) is 1. The molecule has 2 aliphatic heterocycles. The summed E-state index contributed by atoms with van der Waals surface area (Å²) in [5.41, 5.74) is 2.23. The average molecular weight is 497 g/mol. The van der Waals surface area contributed by atoms with Crippen molar-refractivity contribution in [3.63, 3.8) is 0 Å². The Morgan fingerprint density at radius 2 is 1.86 bits per heavy atom. The van der Waals surface area contributed by atoms with E-state index in [9.17, 15) is 18.0 Å². The number of amides is 1. The summed E-state index contributed by atoms with van der Waals surface area (Å²) in [4.78, 5) is 23.8. The molecule has 1 aromatic heterocycles. The number of hydrogen-bond donors (Lipinski definition) is 2. The molecule has 1 fully saturated rings. The number of furan rings is 1. The van der Waals surface area contributed by atoms with Gasteiger partial charge in [-0.05, 0) is 50.8 Å². The number of carboxylic acid groups (broad SMARTS) is 1. The number of carbonyl (C=O) groups excluding carboxylic acids is 1. The van der Waals surface area contributed by atoms with Crippen LogP contribution < -0.4 is 10.1 Å². The Morgan fingerprint density at radius 1 is 1.20 bits per heavy atom. The SMILES string of the molecule is CC(C)NC(=O)CC1CC2(CCN(Cc3ccoc3)CC2)Oc2ccccc21.O=C(O)C(F)(F)F. The summed E-state index contributed by atoms with van der Waals surface area (Å²) >= 11 is 0. The van der Waals surface area contributed by atoms with Gasteiger partial charge < -0.3 is 19.6 Å². The molecule has 0 radical (unpaired) electrons. The maximum atomic E-state index is 12.5. The van der Waals surface area contributed by atoms with Crippen LogP contribution in [0.2, 0.25) is 0 Å². The maximum Gasteiger partial charge on any atom is 0.490 e. The van der Waals surface area contributed by atoms with E-state index in [0.29, 0.717) is 6.42 Å². The molecule has 1 unspecified atom stereocenters. The third-order valence-electron chi connectivity index (χ3n) is 6.18. The number of fused-ring (bicyclic) bond motifs is 1. The molecule has 7 nitrogen and oxygen atoms in total. The molecular weight excluding hydrogens is 465 g/mol. The predicted octanol–water partition coefficient (Wildman–Crippen LogP) is 4.73. The van der Waals surface area contributed by atoms with Crippen molar-refractivity contribution in [1.82, 2.24) is 10.2 Å². The summed E-state index contributed by atoms with van der Waals surface area (Å²) in [6.07, 6.45) is 1.88. The maximum absolute atomic E-state index is 12.5. The van der Waals surface area contributed by atoms with Crippen LogP contribution in [-0.2, 0) is 16.1 Å². The molecule has 0 saturated carbocycles. The van der Waals surface area contributed by atoms with Crippen molar-refractivity contribution in [2.45, 2.75) is 69.8 Å². The zero-order chi connectivity index (χ0) is 25.6. The first-order valence-electron chi connectivity index (χ1n) is 11.6. The zero-order valence-electron chi connectivity index (χ0n) is 19.8. The van der Waals surface area contributed by atoms with Crippen molar-refractivity contribution < 1.29 is 37.0 Å². The van der Waals surface area contributed by atoms with E-state index in [-0.39, 0.29) is 23.5 Å². The minimum atomic E-state index is -5.08. The van der Waals surface area contributed by atoms with E-state index in [1.807, 2.05) is 38.3 Å². The Labute approximate surface area is 202 Å². The molecule has 3 heterocycles. The highest BCUT2D eigenvalue weighted by atomic mass is 19.4. The summed E-state index contributed by atoms with van der Waals surface area (Å²) in [6.45, 7) is 6.93. The topological polar surface area (TPSA) is 92.0 Å². The highest BCUT2D eigenvalue weighted by Crippen LogP contribution is 2.46. The molecule has 0 bridgehead atoms. The van der Waals surface area contributed by atoms with Gasteiger partial charge in [-0.3, -0.25) is 9.69 Å². The third kappa shape index (κ3) is 7.48. The van der Waals surface area contributed by atoms with Crippen LogP contribution in [0.4, 0.5) is 13.2 Å². The number of rotatable bonds is 5. The van der Waals surface area contributed by atoms with Crippen LogP contribution >= 0.6 is 0 Å². The van der Waals surface area contributed by atoms with Crippen LogP contribution in [0, 0.1) is 0 Å².